The number of aryl methyl sites for hydroxylation is 2. The minimum Gasteiger partial charge on any atom is -0.476 e. The average molecular weight is 502 g/mol. The van der Waals surface area contributed by atoms with Crippen LogP contribution in [0.15, 0.2) is 46.7 Å². The highest BCUT2D eigenvalue weighted by molar-refractivity contribution is 8.01. The van der Waals surface area contributed by atoms with Gasteiger partial charge in [-0.1, -0.05) is 55.0 Å². The van der Waals surface area contributed by atoms with E-state index in [1.54, 1.807) is 30.8 Å². The molecule has 0 amide bonds. The maximum atomic E-state index is 13.9. The van der Waals surface area contributed by atoms with Crippen LogP contribution in [-0.2, 0) is 0 Å². The third-order valence-corrected chi connectivity index (χ3v) is 7.41. The Labute approximate surface area is 204 Å². The molecule has 0 radical (unpaired) electrons. The molecule has 2 aromatic carbocycles. The Morgan fingerprint density at radius 3 is 2.61 bits per heavy atom. The second-order valence-electron chi connectivity index (χ2n) is 7.79. The van der Waals surface area contributed by atoms with Gasteiger partial charge in [0.2, 0.25) is 5.13 Å². The molecule has 0 spiro atoms. The molecular weight excluding hydrogens is 481 g/mol. The summed E-state index contributed by atoms with van der Waals surface area (Å²) in [5.41, 5.74) is 3.93. The molecule has 0 aliphatic carbocycles. The summed E-state index contributed by atoms with van der Waals surface area (Å²) in [5.74, 6) is -1.60. The molecule has 33 heavy (non-hydrogen) atoms. The van der Waals surface area contributed by atoms with E-state index in [1.807, 2.05) is 25.1 Å². The number of aromatic nitrogens is 3. The number of carboxylic acids is 1. The van der Waals surface area contributed by atoms with E-state index in [0.29, 0.717) is 32.2 Å². The number of aromatic carboxylic acids is 1. The van der Waals surface area contributed by atoms with Gasteiger partial charge in [0.25, 0.3) is 0 Å². The van der Waals surface area contributed by atoms with Crippen LogP contribution in [-0.4, -0.2) is 31.1 Å². The molecule has 2 aromatic heterocycles. The maximum Gasteiger partial charge on any atom is 0.355 e. The van der Waals surface area contributed by atoms with Gasteiger partial charge in [-0.2, -0.15) is 9.78 Å². The molecule has 2 heterocycles. The summed E-state index contributed by atoms with van der Waals surface area (Å²) in [4.78, 5) is 17.1. The van der Waals surface area contributed by atoms with Crippen LogP contribution in [0.3, 0.4) is 0 Å². The molecule has 9 heteroatoms. The number of rotatable bonds is 6. The largest absolute Gasteiger partial charge is 0.476 e. The predicted octanol–water partition coefficient (Wildman–Crippen LogP) is 7.27. The fourth-order valence-corrected chi connectivity index (χ4v) is 6.28. The maximum absolute atomic E-state index is 13.9. The number of carboxylic acid groups (broad SMARTS) is 1. The van der Waals surface area contributed by atoms with Gasteiger partial charge in [-0.25, -0.2) is 14.2 Å². The summed E-state index contributed by atoms with van der Waals surface area (Å²) in [6.45, 7) is 7.86. The van der Waals surface area contributed by atoms with E-state index in [-0.39, 0.29) is 5.69 Å². The summed E-state index contributed by atoms with van der Waals surface area (Å²) >= 11 is 9.18. The summed E-state index contributed by atoms with van der Waals surface area (Å²) in [7, 11) is 0. The lowest BCUT2D eigenvalue weighted by Gasteiger charge is -2.07. The van der Waals surface area contributed by atoms with Crippen LogP contribution in [0.5, 0.6) is 0 Å². The van der Waals surface area contributed by atoms with Gasteiger partial charge in [0.15, 0.2) is 5.69 Å². The Morgan fingerprint density at radius 1 is 1.21 bits per heavy atom. The highest BCUT2D eigenvalue weighted by atomic mass is 35.5. The monoisotopic (exact) mass is 501 g/mol. The van der Waals surface area contributed by atoms with Gasteiger partial charge in [0.05, 0.1) is 15.6 Å². The molecule has 0 unspecified atom stereocenters. The van der Waals surface area contributed by atoms with Crippen LogP contribution < -0.4 is 0 Å². The van der Waals surface area contributed by atoms with Crippen LogP contribution >= 0.6 is 34.7 Å². The van der Waals surface area contributed by atoms with E-state index < -0.39 is 11.8 Å². The number of thioether (sulfide) groups is 1. The number of hydrogen-bond donors (Lipinski definition) is 1. The highest BCUT2D eigenvalue weighted by Gasteiger charge is 2.27. The van der Waals surface area contributed by atoms with E-state index in [2.05, 4.69) is 18.9 Å². The summed E-state index contributed by atoms with van der Waals surface area (Å²) in [6.07, 6.45) is 0. The fourth-order valence-electron chi connectivity index (χ4n) is 3.60. The number of hydrogen-bond acceptors (Lipinski definition) is 5. The first-order valence-electron chi connectivity index (χ1n) is 10.2. The van der Waals surface area contributed by atoms with Gasteiger partial charge in [0.1, 0.15) is 5.82 Å². The topological polar surface area (TPSA) is 68.0 Å². The third kappa shape index (κ3) is 4.69. The molecule has 170 valence electrons. The van der Waals surface area contributed by atoms with E-state index in [0.717, 1.165) is 21.0 Å². The second-order valence-corrected chi connectivity index (χ2v) is 11.1. The van der Waals surface area contributed by atoms with Crippen LogP contribution in [0.2, 0.25) is 5.02 Å². The van der Waals surface area contributed by atoms with Crippen molar-refractivity contribution in [1.29, 1.82) is 0 Å². The highest BCUT2D eigenvalue weighted by Crippen LogP contribution is 2.42. The predicted molar refractivity (Wildman–Crippen MR) is 133 cm³/mol. The van der Waals surface area contributed by atoms with Gasteiger partial charge in [-0.05, 0) is 49.2 Å². The van der Waals surface area contributed by atoms with E-state index >= 15 is 0 Å². The molecular formula is C24H21ClFN3O2S2. The minimum atomic E-state index is -1.16. The zero-order valence-corrected chi connectivity index (χ0v) is 20.8. The van der Waals surface area contributed by atoms with Crippen molar-refractivity contribution in [2.75, 3.05) is 0 Å². The molecule has 0 aliphatic rings. The molecule has 5 nitrogen and oxygen atoms in total. The van der Waals surface area contributed by atoms with Crippen LogP contribution in [0, 0.1) is 19.7 Å². The SMILES string of the molecule is Cc1cc(Cl)ccc1-c1nc(-n2nc(C)c(-c3cccc(F)c3)c2C(=O)O)sc1SC(C)C. The van der Waals surface area contributed by atoms with Gasteiger partial charge in [0, 0.05) is 21.4 Å². The Morgan fingerprint density at radius 2 is 1.97 bits per heavy atom. The second kappa shape index (κ2) is 9.29. The Kier molecular flexibility index (Phi) is 6.61. The average Bonchev–Trinajstić information content (AvgIpc) is 3.28. The molecule has 1 N–H and O–H groups in total. The van der Waals surface area contributed by atoms with Crippen LogP contribution in [0.4, 0.5) is 4.39 Å². The van der Waals surface area contributed by atoms with Gasteiger partial charge in [-0.3, -0.25) is 0 Å². The summed E-state index contributed by atoms with van der Waals surface area (Å²) < 4.78 is 16.2. The Hall–Kier alpha value is -2.68. The number of carbonyl (C=O) groups is 1. The molecule has 0 fully saturated rings. The van der Waals surface area contributed by atoms with E-state index in [9.17, 15) is 14.3 Å². The van der Waals surface area contributed by atoms with Crippen LogP contribution in [0.1, 0.15) is 35.6 Å². The minimum absolute atomic E-state index is 0.0488. The summed E-state index contributed by atoms with van der Waals surface area (Å²) in [5, 5.41) is 15.9. The summed E-state index contributed by atoms with van der Waals surface area (Å²) in [6, 6.07) is 11.5. The van der Waals surface area contributed by atoms with Crippen molar-refractivity contribution < 1.29 is 14.3 Å². The first-order valence-corrected chi connectivity index (χ1v) is 12.3. The molecule has 0 bridgehead atoms. The number of thiazole rings is 1. The van der Waals surface area contributed by atoms with Crippen molar-refractivity contribution in [2.45, 2.75) is 37.2 Å². The normalized spacial score (nSPS) is 11.4. The molecule has 4 rings (SSSR count). The van der Waals surface area contributed by atoms with Gasteiger partial charge < -0.3 is 5.11 Å². The number of halogens is 2. The quantitative estimate of drug-likeness (QED) is 0.281. The van der Waals surface area contributed by atoms with Gasteiger partial charge >= 0.3 is 5.97 Å². The standard InChI is InChI=1S/C24H21ClFN3O2S2/c1-12(2)32-23-20(18-9-8-16(25)10-13(18)3)27-24(33-23)29-21(22(30)31)19(14(4)28-29)15-6-5-7-17(26)11-15/h5-12H,1-4H3,(H,30,31). The van der Waals surface area contributed by atoms with Gasteiger partial charge in [-0.15, -0.1) is 11.8 Å². The van der Waals surface area contributed by atoms with E-state index in [4.69, 9.17) is 16.6 Å². The molecule has 0 saturated carbocycles. The first-order chi connectivity index (χ1) is 15.7. The molecule has 0 saturated heterocycles. The van der Waals surface area contributed by atoms with Crippen LogP contribution in [0.25, 0.3) is 27.5 Å². The molecule has 0 aliphatic heterocycles. The van der Waals surface area contributed by atoms with Crippen molar-refractivity contribution >= 4 is 40.7 Å². The number of benzene rings is 2. The molecule has 0 atom stereocenters. The van der Waals surface area contributed by atoms with Crippen molar-refractivity contribution in [2.24, 2.45) is 0 Å². The van der Waals surface area contributed by atoms with Crippen molar-refractivity contribution in [3.05, 3.63) is 70.3 Å². The van der Waals surface area contributed by atoms with E-state index in [1.165, 1.54) is 28.2 Å². The Bertz CT molecular complexity index is 1360. The lowest BCUT2D eigenvalue weighted by molar-refractivity contribution is 0.0688. The zero-order chi connectivity index (χ0) is 23.9. The lowest BCUT2D eigenvalue weighted by Crippen LogP contribution is -2.09. The smallest absolute Gasteiger partial charge is 0.355 e. The van der Waals surface area contributed by atoms with Crippen molar-refractivity contribution in [1.82, 2.24) is 14.8 Å². The lowest BCUT2D eigenvalue weighted by atomic mass is 10.0. The fraction of sp³-hybridized carbons (Fsp3) is 0.208. The Balaban J connectivity index is 1.93. The van der Waals surface area contributed by atoms with Crippen molar-refractivity contribution in [3.8, 4) is 27.5 Å². The first kappa shape index (κ1) is 23.5. The zero-order valence-electron chi connectivity index (χ0n) is 18.4. The van der Waals surface area contributed by atoms with Crippen molar-refractivity contribution in [3.63, 3.8) is 0 Å². The molecule has 4 aromatic rings. The third-order valence-electron chi connectivity index (χ3n) is 4.93. The number of nitrogens with zero attached hydrogens (tertiary/aromatic N) is 3.